The number of fused-ring (bicyclic) bond motifs is 1. The van der Waals surface area contributed by atoms with Crippen LogP contribution >= 0.6 is 11.7 Å². The van der Waals surface area contributed by atoms with Crippen molar-refractivity contribution in [2.75, 3.05) is 13.3 Å². The molecular formula is C16H22N6O2S2. The summed E-state index contributed by atoms with van der Waals surface area (Å²) in [5.74, 6) is 0.929. The number of rotatable bonds is 3. The highest BCUT2D eigenvalue weighted by atomic mass is 32.2. The molecule has 8 nitrogen and oxygen atoms in total. The number of guanidine groups is 1. The van der Waals surface area contributed by atoms with Crippen molar-refractivity contribution in [2.45, 2.75) is 43.5 Å². The summed E-state index contributed by atoms with van der Waals surface area (Å²) in [6.07, 6.45) is 4.97. The molecule has 0 radical (unpaired) electrons. The predicted molar refractivity (Wildman–Crippen MR) is 101 cm³/mol. The second kappa shape index (κ2) is 7.09. The number of nitrogens with one attached hydrogen (secondary N) is 2. The van der Waals surface area contributed by atoms with Crippen molar-refractivity contribution in [1.29, 1.82) is 0 Å². The van der Waals surface area contributed by atoms with E-state index in [1.165, 1.54) is 31.7 Å². The molecule has 2 N–H and O–H groups in total. The van der Waals surface area contributed by atoms with Gasteiger partial charge in [0.2, 0.25) is 5.96 Å². The molecule has 2 heterocycles. The minimum Gasteiger partial charge on any atom is -0.343 e. The van der Waals surface area contributed by atoms with E-state index in [4.69, 9.17) is 0 Å². The van der Waals surface area contributed by atoms with Crippen molar-refractivity contribution in [2.24, 2.45) is 10.9 Å². The molecule has 1 fully saturated rings. The van der Waals surface area contributed by atoms with E-state index in [1.54, 1.807) is 12.1 Å². The molecule has 10 heteroatoms. The summed E-state index contributed by atoms with van der Waals surface area (Å²) in [6, 6.07) is 5.46. The van der Waals surface area contributed by atoms with Crippen LogP contribution in [0.15, 0.2) is 28.1 Å². The minimum atomic E-state index is -3.77. The van der Waals surface area contributed by atoms with Crippen molar-refractivity contribution >= 4 is 38.7 Å². The van der Waals surface area contributed by atoms with Crippen LogP contribution in [0, 0.1) is 5.92 Å². The normalized spacial score (nSPS) is 24.9. The fraction of sp³-hybridized carbons (Fsp3) is 0.562. The maximum atomic E-state index is 12.7. The third-order valence-electron chi connectivity index (χ3n) is 5.16. The lowest BCUT2D eigenvalue weighted by Crippen LogP contribution is -2.54. The second-order valence-electron chi connectivity index (χ2n) is 6.89. The molecule has 140 valence electrons. The molecule has 2 atom stereocenters. The summed E-state index contributed by atoms with van der Waals surface area (Å²) in [7, 11) is -3.77. The van der Waals surface area contributed by atoms with Crippen LogP contribution in [0.5, 0.6) is 0 Å². The number of aromatic nitrogens is 2. The molecule has 2 aromatic rings. The van der Waals surface area contributed by atoms with Gasteiger partial charge in [-0.15, -0.1) is 0 Å². The van der Waals surface area contributed by atoms with Crippen LogP contribution in [-0.4, -0.2) is 47.4 Å². The number of aliphatic imine (C=N–C) groups is 1. The Kier molecular flexibility index (Phi) is 4.80. The molecule has 1 aliphatic carbocycles. The van der Waals surface area contributed by atoms with Crippen molar-refractivity contribution < 1.29 is 8.42 Å². The molecule has 0 unspecified atom stereocenters. The quantitative estimate of drug-likeness (QED) is 0.822. The number of hydrogen-bond donors (Lipinski definition) is 2. The van der Waals surface area contributed by atoms with Gasteiger partial charge in [0.05, 0.1) is 25.1 Å². The van der Waals surface area contributed by atoms with E-state index in [-0.39, 0.29) is 10.9 Å². The Hall–Kier alpha value is -1.78. The molecule has 1 aromatic carbocycles. The van der Waals surface area contributed by atoms with E-state index >= 15 is 0 Å². The van der Waals surface area contributed by atoms with Gasteiger partial charge in [-0.05, 0) is 30.9 Å². The van der Waals surface area contributed by atoms with Gasteiger partial charge in [0.1, 0.15) is 15.9 Å². The molecule has 26 heavy (non-hydrogen) atoms. The number of hydrogen-bond acceptors (Lipinski definition) is 8. The molecule has 1 saturated carbocycles. The SMILES string of the molecule is C[C@H]1CCCC[C@H]1N1CN=C(NS(=O)(=O)c2cccc3nsnc23)NC1. The predicted octanol–water partition coefficient (Wildman–Crippen LogP) is 1.72. The summed E-state index contributed by atoms with van der Waals surface area (Å²) in [4.78, 5) is 6.81. The van der Waals surface area contributed by atoms with E-state index in [0.717, 1.165) is 11.7 Å². The third kappa shape index (κ3) is 3.40. The fourth-order valence-electron chi connectivity index (χ4n) is 3.75. The summed E-state index contributed by atoms with van der Waals surface area (Å²) >= 11 is 1.00. The topological polar surface area (TPSA) is 99.6 Å². The van der Waals surface area contributed by atoms with Crippen molar-refractivity contribution in [3.8, 4) is 0 Å². The average Bonchev–Trinajstić information content (AvgIpc) is 3.11. The fourth-order valence-corrected chi connectivity index (χ4v) is 5.53. The zero-order chi connectivity index (χ0) is 18.1. The van der Waals surface area contributed by atoms with Gasteiger partial charge in [-0.1, -0.05) is 25.8 Å². The number of nitrogens with zero attached hydrogens (tertiary/aromatic N) is 4. The van der Waals surface area contributed by atoms with E-state index < -0.39 is 10.0 Å². The lowest BCUT2D eigenvalue weighted by molar-refractivity contribution is 0.106. The van der Waals surface area contributed by atoms with E-state index in [2.05, 4.69) is 35.6 Å². The van der Waals surface area contributed by atoms with Crippen LogP contribution in [0.1, 0.15) is 32.6 Å². The highest BCUT2D eigenvalue weighted by Gasteiger charge is 2.29. The Labute approximate surface area is 157 Å². The highest BCUT2D eigenvalue weighted by molar-refractivity contribution is 7.90. The Bertz CT molecular complexity index is 926. The second-order valence-corrected chi connectivity index (χ2v) is 9.07. The highest BCUT2D eigenvalue weighted by Crippen LogP contribution is 2.28. The first kappa shape index (κ1) is 17.6. The zero-order valence-electron chi connectivity index (χ0n) is 14.6. The van der Waals surface area contributed by atoms with Crippen LogP contribution in [0.3, 0.4) is 0 Å². The first-order valence-electron chi connectivity index (χ1n) is 8.81. The first-order chi connectivity index (χ1) is 12.5. The van der Waals surface area contributed by atoms with Crippen LogP contribution in [0.2, 0.25) is 0 Å². The lowest BCUT2D eigenvalue weighted by Gasteiger charge is -2.39. The van der Waals surface area contributed by atoms with Gasteiger partial charge < -0.3 is 5.32 Å². The third-order valence-corrected chi connectivity index (χ3v) is 7.08. The zero-order valence-corrected chi connectivity index (χ0v) is 16.2. The van der Waals surface area contributed by atoms with Gasteiger partial charge in [0, 0.05) is 6.04 Å². The number of benzene rings is 1. The molecule has 0 amide bonds. The lowest BCUT2D eigenvalue weighted by atomic mass is 9.85. The van der Waals surface area contributed by atoms with Gasteiger partial charge >= 0.3 is 0 Å². The van der Waals surface area contributed by atoms with Crippen molar-refractivity contribution in [1.82, 2.24) is 23.7 Å². The van der Waals surface area contributed by atoms with Crippen LogP contribution < -0.4 is 10.0 Å². The van der Waals surface area contributed by atoms with E-state index in [1.807, 2.05) is 0 Å². The summed E-state index contributed by atoms with van der Waals surface area (Å²) in [6.45, 7) is 3.38. The summed E-state index contributed by atoms with van der Waals surface area (Å²) < 4.78 is 36.2. The minimum absolute atomic E-state index is 0.122. The van der Waals surface area contributed by atoms with Crippen LogP contribution in [0.25, 0.3) is 11.0 Å². The molecule has 0 bridgehead atoms. The Balaban J connectivity index is 1.48. The largest absolute Gasteiger partial charge is 0.343 e. The Morgan fingerprint density at radius 3 is 2.88 bits per heavy atom. The maximum Gasteiger partial charge on any atom is 0.266 e. The van der Waals surface area contributed by atoms with Crippen molar-refractivity contribution in [3.63, 3.8) is 0 Å². The van der Waals surface area contributed by atoms with Gasteiger partial charge in [-0.3, -0.25) is 4.90 Å². The molecule has 0 saturated heterocycles. The summed E-state index contributed by atoms with van der Waals surface area (Å²) in [5, 5.41) is 3.11. The molecular weight excluding hydrogens is 372 g/mol. The van der Waals surface area contributed by atoms with Gasteiger partial charge in [0.15, 0.2) is 0 Å². The van der Waals surface area contributed by atoms with Crippen molar-refractivity contribution in [3.05, 3.63) is 18.2 Å². The number of sulfonamides is 1. The first-order valence-corrected chi connectivity index (χ1v) is 11.0. The molecule has 4 rings (SSSR count). The average molecular weight is 395 g/mol. The van der Waals surface area contributed by atoms with Gasteiger partial charge in [0.25, 0.3) is 10.0 Å². The summed E-state index contributed by atoms with van der Waals surface area (Å²) in [5.41, 5.74) is 0.966. The smallest absolute Gasteiger partial charge is 0.266 e. The molecule has 1 aromatic heterocycles. The molecule has 0 spiro atoms. The van der Waals surface area contributed by atoms with Crippen LogP contribution in [-0.2, 0) is 10.0 Å². The molecule has 2 aliphatic rings. The monoisotopic (exact) mass is 394 g/mol. The maximum absolute atomic E-state index is 12.7. The Morgan fingerprint density at radius 1 is 1.27 bits per heavy atom. The van der Waals surface area contributed by atoms with Gasteiger partial charge in [-0.25, -0.2) is 18.1 Å². The van der Waals surface area contributed by atoms with E-state index in [9.17, 15) is 8.42 Å². The van der Waals surface area contributed by atoms with Gasteiger partial charge in [-0.2, -0.15) is 8.75 Å². The standard InChI is InChI=1S/C16H22N6O2S2/c1-11-5-2-3-7-13(11)22-9-17-16(18-10-22)21-26(23,24)14-8-4-6-12-15(14)20-25-19-12/h4,6,8,11,13H,2-3,5,7,9-10H2,1H3,(H2,17,18,21)/t11-,13+/m0/s1. The Morgan fingerprint density at radius 2 is 2.12 bits per heavy atom. The van der Waals surface area contributed by atoms with Crippen LogP contribution in [0.4, 0.5) is 0 Å². The van der Waals surface area contributed by atoms with E-state index in [0.29, 0.717) is 36.3 Å². The molecule has 1 aliphatic heterocycles.